The van der Waals surface area contributed by atoms with Gasteiger partial charge in [-0.25, -0.2) is 8.42 Å². The predicted octanol–water partition coefficient (Wildman–Crippen LogP) is 3.15. The maximum Gasteiger partial charge on any atom is 0.244 e. The van der Waals surface area contributed by atoms with E-state index in [0.717, 1.165) is 12.1 Å². The lowest BCUT2D eigenvalue weighted by Crippen LogP contribution is -2.46. The molecule has 0 aromatic heterocycles. The second-order valence-electron chi connectivity index (χ2n) is 6.22. The Labute approximate surface area is 161 Å². The molecule has 1 aromatic rings. The molecule has 0 radical (unpaired) electrons. The molecule has 1 aromatic carbocycles. The molecule has 0 saturated carbocycles. The van der Waals surface area contributed by atoms with E-state index in [2.05, 4.69) is 5.32 Å². The molecule has 0 saturated heterocycles. The second-order valence-corrected chi connectivity index (χ2v) is 8.46. The molecular weight excluding hydrogens is 383 g/mol. The SMILES string of the molecule is CCNCC1=C(c2ccc(Cl)cc2)S(=O)(=O)N(CCOC)C1(C)C.Cl. The van der Waals surface area contributed by atoms with E-state index in [1.165, 1.54) is 4.31 Å². The van der Waals surface area contributed by atoms with Gasteiger partial charge in [0.2, 0.25) is 10.0 Å². The first kappa shape index (κ1) is 22.4. The highest BCUT2D eigenvalue weighted by Gasteiger charge is 2.49. The largest absolute Gasteiger partial charge is 0.383 e. The normalized spacial score (nSPS) is 19.1. The fraction of sp³-hybridized carbons (Fsp3) is 0.529. The van der Waals surface area contributed by atoms with E-state index in [1.807, 2.05) is 20.8 Å². The Morgan fingerprint density at radius 2 is 1.84 bits per heavy atom. The van der Waals surface area contributed by atoms with Crippen LogP contribution in [0.1, 0.15) is 26.3 Å². The number of ether oxygens (including phenoxy) is 1. The summed E-state index contributed by atoms with van der Waals surface area (Å²) in [6, 6.07) is 6.96. The molecule has 8 heteroatoms. The Balaban J connectivity index is 0.00000312. The summed E-state index contributed by atoms with van der Waals surface area (Å²) in [5.41, 5.74) is 0.914. The zero-order chi connectivity index (χ0) is 18.0. The summed E-state index contributed by atoms with van der Waals surface area (Å²) in [6.07, 6.45) is 0. The molecule has 0 aliphatic carbocycles. The predicted molar refractivity (Wildman–Crippen MR) is 106 cm³/mol. The number of likely N-dealkylation sites (N-methyl/N-ethyl adjacent to an activating group) is 1. The van der Waals surface area contributed by atoms with Crippen molar-refractivity contribution >= 4 is 38.9 Å². The number of methoxy groups -OCH3 is 1. The summed E-state index contributed by atoms with van der Waals surface area (Å²) >= 11 is 5.96. The van der Waals surface area contributed by atoms with Crippen molar-refractivity contribution in [3.8, 4) is 0 Å². The van der Waals surface area contributed by atoms with Crippen molar-refractivity contribution in [1.29, 1.82) is 0 Å². The van der Waals surface area contributed by atoms with Crippen LogP contribution in [0.5, 0.6) is 0 Å². The average molecular weight is 409 g/mol. The number of nitrogens with zero attached hydrogens (tertiary/aromatic N) is 1. The number of hydrogen-bond donors (Lipinski definition) is 1. The second kappa shape index (κ2) is 8.84. The molecule has 5 nitrogen and oxygen atoms in total. The van der Waals surface area contributed by atoms with E-state index in [0.29, 0.717) is 35.2 Å². The van der Waals surface area contributed by atoms with Gasteiger partial charge < -0.3 is 10.1 Å². The molecule has 0 atom stereocenters. The minimum Gasteiger partial charge on any atom is -0.383 e. The van der Waals surface area contributed by atoms with E-state index in [4.69, 9.17) is 16.3 Å². The van der Waals surface area contributed by atoms with Crippen LogP contribution in [-0.2, 0) is 14.8 Å². The number of hydrogen-bond acceptors (Lipinski definition) is 4. The van der Waals surface area contributed by atoms with Gasteiger partial charge in [0.25, 0.3) is 0 Å². The van der Waals surface area contributed by atoms with Crippen LogP contribution in [-0.4, -0.2) is 51.6 Å². The quantitative estimate of drug-likeness (QED) is 0.752. The number of rotatable bonds is 7. The van der Waals surface area contributed by atoms with Crippen molar-refractivity contribution in [2.45, 2.75) is 26.3 Å². The van der Waals surface area contributed by atoms with E-state index in [9.17, 15) is 8.42 Å². The zero-order valence-corrected chi connectivity index (χ0v) is 17.4. The number of sulfonamides is 1. The lowest BCUT2D eigenvalue weighted by atomic mass is 9.91. The molecule has 0 amide bonds. The summed E-state index contributed by atoms with van der Waals surface area (Å²) in [6.45, 7) is 7.84. The molecule has 1 aliphatic rings. The number of halogens is 2. The summed E-state index contributed by atoms with van der Waals surface area (Å²) in [7, 11) is -2.03. The van der Waals surface area contributed by atoms with Crippen molar-refractivity contribution in [1.82, 2.24) is 9.62 Å². The maximum atomic E-state index is 13.2. The third-order valence-electron chi connectivity index (χ3n) is 4.34. The number of nitrogens with one attached hydrogen (secondary N) is 1. The van der Waals surface area contributed by atoms with Gasteiger partial charge >= 0.3 is 0 Å². The first-order valence-electron chi connectivity index (χ1n) is 7.98. The van der Waals surface area contributed by atoms with Crippen LogP contribution in [0.4, 0.5) is 0 Å². The van der Waals surface area contributed by atoms with Crippen molar-refractivity contribution in [2.24, 2.45) is 0 Å². The Morgan fingerprint density at radius 3 is 2.36 bits per heavy atom. The van der Waals surface area contributed by atoms with Crippen LogP contribution in [0, 0.1) is 0 Å². The van der Waals surface area contributed by atoms with Gasteiger partial charge in [-0.15, -0.1) is 12.4 Å². The maximum absolute atomic E-state index is 13.2. The first-order chi connectivity index (χ1) is 11.3. The monoisotopic (exact) mass is 408 g/mol. The Morgan fingerprint density at radius 1 is 1.24 bits per heavy atom. The highest BCUT2D eigenvalue weighted by molar-refractivity contribution is 7.98. The standard InChI is InChI=1S/C17H25ClN2O3S.ClH/c1-5-19-12-15-16(13-6-8-14(18)9-7-13)24(21,22)20(10-11-23-4)17(15,2)3;/h6-9,19H,5,10-12H2,1-4H3;1H. The van der Waals surface area contributed by atoms with Gasteiger partial charge in [0.05, 0.1) is 17.1 Å². The van der Waals surface area contributed by atoms with Gasteiger partial charge in [-0.3, -0.25) is 0 Å². The molecule has 0 fully saturated rings. The molecule has 1 heterocycles. The molecule has 0 bridgehead atoms. The summed E-state index contributed by atoms with van der Waals surface area (Å²) < 4.78 is 33.1. The molecule has 0 spiro atoms. The molecule has 0 unspecified atom stereocenters. The van der Waals surface area contributed by atoms with E-state index in [-0.39, 0.29) is 12.4 Å². The van der Waals surface area contributed by atoms with E-state index < -0.39 is 15.6 Å². The van der Waals surface area contributed by atoms with Crippen LogP contribution < -0.4 is 5.32 Å². The number of benzene rings is 1. The zero-order valence-electron chi connectivity index (χ0n) is 15.0. The third-order valence-corrected chi connectivity index (χ3v) is 6.81. The van der Waals surface area contributed by atoms with Crippen molar-refractivity contribution in [2.75, 3.05) is 33.4 Å². The Kier molecular flexibility index (Phi) is 7.93. The smallest absolute Gasteiger partial charge is 0.244 e. The van der Waals surface area contributed by atoms with Gasteiger partial charge in [-0.2, -0.15) is 4.31 Å². The average Bonchev–Trinajstić information content (AvgIpc) is 2.66. The summed E-state index contributed by atoms with van der Waals surface area (Å²) in [5, 5.41) is 3.85. The Bertz CT molecular complexity index is 716. The molecule has 142 valence electrons. The molecule has 2 rings (SSSR count). The van der Waals surface area contributed by atoms with E-state index in [1.54, 1.807) is 31.4 Å². The van der Waals surface area contributed by atoms with Crippen LogP contribution in [0.2, 0.25) is 5.02 Å². The molecular formula is C17H26Cl2N2O3S. The van der Waals surface area contributed by atoms with Crippen LogP contribution in [0.3, 0.4) is 0 Å². The topological polar surface area (TPSA) is 58.6 Å². The first-order valence-corrected chi connectivity index (χ1v) is 9.80. The van der Waals surface area contributed by atoms with Gasteiger partial charge in [0, 0.05) is 25.2 Å². The lowest BCUT2D eigenvalue weighted by molar-refractivity contribution is 0.156. The van der Waals surface area contributed by atoms with Crippen molar-refractivity contribution in [3.05, 3.63) is 40.4 Å². The summed E-state index contributed by atoms with van der Waals surface area (Å²) in [5.74, 6) is 0. The van der Waals surface area contributed by atoms with Gasteiger partial charge in [-0.1, -0.05) is 30.7 Å². The Hall–Kier alpha value is -0.630. The van der Waals surface area contributed by atoms with Crippen LogP contribution in [0.15, 0.2) is 29.8 Å². The minimum absolute atomic E-state index is 0. The van der Waals surface area contributed by atoms with Gasteiger partial charge in [0.1, 0.15) is 0 Å². The fourth-order valence-electron chi connectivity index (χ4n) is 3.04. The van der Waals surface area contributed by atoms with Gasteiger partial charge in [0.15, 0.2) is 0 Å². The summed E-state index contributed by atoms with van der Waals surface area (Å²) in [4.78, 5) is 0.376. The minimum atomic E-state index is -3.60. The van der Waals surface area contributed by atoms with E-state index >= 15 is 0 Å². The highest BCUT2D eigenvalue weighted by Crippen LogP contribution is 2.44. The highest BCUT2D eigenvalue weighted by atomic mass is 35.5. The molecule has 25 heavy (non-hydrogen) atoms. The van der Waals surface area contributed by atoms with Gasteiger partial charge in [-0.05, 0) is 43.7 Å². The fourth-order valence-corrected chi connectivity index (χ4v) is 5.48. The van der Waals surface area contributed by atoms with Crippen LogP contribution in [0.25, 0.3) is 4.91 Å². The van der Waals surface area contributed by atoms with Crippen molar-refractivity contribution in [3.63, 3.8) is 0 Å². The van der Waals surface area contributed by atoms with Crippen molar-refractivity contribution < 1.29 is 13.2 Å². The molecule has 1 aliphatic heterocycles. The third kappa shape index (κ3) is 4.38. The van der Waals surface area contributed by atoms with Crippen LogP contribution >= 0.6 is 24.0 Å². The molecule has 1 N–H and O–H groups in total. The lowest BCUT2D eigenvalue weighted by Gasteiger charge is -2.32.